The smallest absolute Gasteiger partial charge is 0.405 e. The zero-order valence-electron chi connectivity index (χ0n) is 14.4. The van der Waals surface area contributed by atoms with Crippen LogP contribution in [0.4, 0.5) is 17.6 Å². The fraction of sp³-hybridized carbons (Fsp3) is 0.0556. The summed E-state index contributed by atoms with van der Waals surface area (Å²) in [6.07, 6.45) is -5.03. The van der Waals surface area contributed by atoms with E-state index in [1.807, 2.05) is 0 Å². The molecule has 11 heteroatoms. The van der Waals surface area contributed by atoms with Crippen LogP contribution >= 0.6 is 0 Å². The number of halogens is 4. The fourth-order valence-corrected chi connectivity index (χ4v) is 2.66. The van der Waals surface area contributed by atoms with Gasteiger partial charge in [-0.25, -0.2) is 9.07 Å². The second kappa shape index (κ2) is 7.26. The fourth-order valence-electron chi connectivity index (χ4n) is 2.66. The molecule has 29 heavy (non-hydrogen) atoms. The van der Waals surface area contributed by atoms with E-state index in [9.17, 15) is 27.2 Å². The van der Waals surface area contributed by atoms with Crippen molar-refractivity contribution in [3.8, 4) is 22.6 Å². The minimum Gasteiger partial charge on any atom is -0.405 e. The summed E-state index contributed by atoms with van der Waals surface area (Å²) in [5.41, 5.74) is 9.66. The third-order valence-electron chi connectivity index (χ3n) is 3.79. The molecule has 0 saturated carbocycles. The van der Waals surface area contributed by atoms with E-state index in [1.165, 1.54) is 24.3 Å². The molecule has 0 atom stereocenters. The van der Waals surface area contributed by atoms with E-state index >= 15 is 0 Å². The number of benzene rings is 2. The van der Waals surface area contributed by atoms with Crippen LogP contribution in [0.25, 0.3) is 16.8 Å². The second-order valence-electron chi connectivity index (χ2n) is 5.77. The Hall–Kier alpha value is -3.89. The van der Waals surface area contributed by atoms with Gasteiger partial charge in [0, 0.05) is 6.07 Å². The summed E-state index contributed by atoms with van der Waals surface area (Å²) in [5, 5.41) is 3.88. The van der Waals surface area contributed by atoms with Crippen LogP contribution in [0.2, 0.25) is 0 Å². The maximum atomic E-state index is 14.4. The Bertz CT molecular complexity index is 1110. The Kier molecular flexibility index (Phi) is 4.97. The van der Waals surface area contributed by atoms with E-state index in [2.05, 4.69) is 9.84 Å². The third kappa shape index (κ3) is 4.18. The lowest BCUT2D eigenvalue weighted by molar-refractivity contribution is -0.274. The number of ether oxygens (including phenoxy) is 1. The van der Waals surface area contributed by atoms with E-state index in [0.717, 1.165) is 28.9 Å². The number of carbonyl (C=O) groups is 2. The van der Waals surface area contributed by atoms with Crippen molar-refractivity contribution in [3.63, 3.8) is 0 Å². The van der Waals surface area contributed by atoms with Gasteiger partial charge in [0.1, 0.15) is 17.3 Å². The van der Waals surface area contributed by atoms with Crippen LogP contribution in [0.3, 0.4) is 0 Å². The van der Waals surface area contributed by atoms with Gasteiger partial charge in [-0.15, -0.1) is 13.2 Å². The number of aromatic nitrogens is 2. The number of primary amides is 2. The summed E-state index contributed by atoms with van der Waals surface area (Å²) in [4.78, 5) is 23.0. The van der Waals surface area contributed by atoms with Crippen LogP contribution < -0.4 is 16.2 Å². The Labute approximate surface area is 160 Å². The largest absolute Gasteiger partial charge is 0.573 e. The summed E-state index contributed by atoms with van der Waals surface area (Å²) in [5.74, 6) is -3.56. The van der Waals surface area contributed by atoms with Crippen LogP contribution in [0.1, 0.15) is 21.0 Å². The first kappa shape index (κ1) is 19.9. The summed E-state index contributed by atoms with van der Waals surface area (Å²) < 4.78 is 57.3. The number of carbonyl (C=O) groups excluding carboxylic acids is 2. The highest BCUT2D eigenvalue weighted by atomic mass is 19.4. The van der Waals surface area contributed by atoms with Crippen LogP contribution in [0, 0.1) is 5.82 Å². The number of hydrogen-bond acceptors (Lipinski definition) is 4. The Morgan fingerprint density at radius 3 is 2.31 bits per heavy atom. The molecular formula is C18H12F4N4O3. The molecule has 2 aromatic carbocycles. The second-order valence-corrected chi connectivity index (χ2v) is 5.77. The minimum atomic E-state index is -5.03. The highest BCUT2D eigenvalue weighted by Crippen LogP contribution is 2.36. The quantitative estimate of drug-likeness (QED) is 0.632. The van der Waals surface area contributed by atoms with Gasteiger partial charge >= 0.3 is 6.36 Å². The lowest BCUT2D eigenvalue weighted by Gasteiger charge is -2.15. The molecule has 3 aromatic rings. The van der Waals surface area contributed by atoms with Gasteiger partial charge in [0.05, 0.1) is 11.3 Å². The van der Waals surface area contributed by atoms with E-state index in [-0.39, 0.29) is 22.6 Å². The van der Waals surface area contributed by atoms with Crippen molar-refractivity contribution >= 4 is 11.8 Å². The van der Waals surface area contributed by atoms with Gasteiger partial charge < -0.3 is 16.2 Å². The molecule has 0 radical (unpaired) electrons. The lowest BCUT2D eigenvalue weighted by Crippen LogP contribution is -2.18. The molecule has 1 aromatic heterocycles. The van der Waals surface area contributed by atoms with Crippen molar-refractivity contribution in [2.45, 2.75) is 6.36 Å². The SMILES string of the molecule is NC(=O)c1cc(C(N)=O)n(-c2cccc(-c3c(F)cccc3OC(F)(F)F)c2)n1. The van der Waals surface area contributed by atoms with Gasteiger partial charge in [0.25, 0.3) is 11.8 Å². The first-order valence-corrected chi connectivity index (χ1v) is 7.91. The molecule has 1 heterocycles. The molecule has 2 amide bonds. The van der Waals surface area contributed by atoms with Crippen molar-refractivity contribution in [1.82, 2.24) is 9.78 Å². The highest BCUT2D eigenvalue weighted by Gasteiger charge is 2.33. The van der Waals surface area contributed by atoms with Gasteiger partial charge in [-0.1, -0.05) is 18.2 Å². The molecule has 0 fully saturated rings. The van der Waals surface area contributed by atoms with Crippen LogP contribution in [-0.4, -0.2) is 28.0 Å². The number of nitrogens with two attached hydrogens (primary N) is 2. The lowest BCUT2D eigenvalue weighted by atomic mass is 10.0. The maximum Gasteiger partial charge on any atom is 0.573 e. The van der Waals surface area contributed by atoms with Gasteiger partial charge in [0.15, 0.2) is 5.69 Å². The Balaban J connectivity index is 2.16. The minimum absolute atomic E-state index is 0.00592. The van der Waals surface area contributed by atoms with Crippen molar-refractivity contribution in [2.24, 2.45) is 11.5 Å². The molecule has 3 rings (SSSR count). The molecule has 0 spiro atoms. The number of alkyl halides is 3. The maximum absolute atomic E-state index is 14.4. The Morgan fingerprint density at radius 2 is 1.69 bits per heavy atom. The number of amides is 2. The zero-order chi connectivity index (χ0) is 21.3. The van der Waals surface area contributed by atoms with Crippen LogP contribution in [0.15, 0.2) is 48.5 Å². The summed E-state index contributed by atoms with van der Waals surface area (Å²) in [7, 11) is 0. The Morgan fingerprint density at radius 1 is 1.00 bits per heavy atom. The summed E-state index contributed by atoms with van der Waals surface area (Å²) in [6, 6.07) is 9.50. The van der Waals surface area contributed by atoms with E-state index in [4.69, 9.17) is 11.5 Å². The standard InChI is InChI=1S/C18H12F4N4O3/c19-11-5-2-6-14(29-18(20,21)22)15(11)9-3-1-4-10(7-9)26-13(17(24)28)8-12(25-26)16(23)27/h1-8H,(H2,23,27)(H2,24,28). The van der Waals surface area contributed by atoms with Crippen molar-refractivity contribution in [3.05, 3.63) is 65.7 Å². The monoisotopic (exact) mass is 408 g/mol. The normalized spacial score (nSPS) is 11.3. The molecule has 0 saturated heterocycles. The summed E-state index contributed by atoms with van der Waals surface area (Å²) >= 11 is 0. The summed E-state index contributed by atoms with van der Waals surface area (Å²) in [6.45, 7) is 0. The molecule has 0 aliphatic carbocycles. The molecule has 4 N–H and O–H groups in total. The zero-order valence-corrected chi connectivity index (χ0v) is 14.4. The van der Waals surface area contributed by atoms with Crippen LogP contribution in [-0.2, 0) is 0 Å². The molecule has 0 aliphatic heterocycles. The first-order valence-electron chi connectivity index (χ1n) is 7.91. The molecule has 0 bridgehead atoms. The first-order chi connectivity index (χ1) is 13.6. The van der Waals surface area contributed by atoms with Gasteiger partial charge in [0.2, 0.25) is 0 Å². The van der Waals surface area contributed by atoms with E-state index in [0.29, 0.717) is 0 Å². The predicted molar refractivity (Wildman–Crippen MR) is 92.7 cm³/mol. The average molecular weight is 408 g/mol. The van der Waals surface area contributed by atoms with Crippen molar-refractivity contribution < 1.29 is 31.9 Å². The van der Waals surface area contributed by atoms with Gasteiger partial charge in [-0.05, 0) is 29.8 Å². The van der Waals surface area contributed by atoms with Crippen LogP contribution in [0.5, 0.6) is 5.75 Å². The molecule has 0 unspecified atom stereocenters. The number of nitrogens with zero attached hydrogens (tertiary/aromatic N) is 2. The molecule has 0 aliphatic rings. The number of rotatable bonds is 5. The van der Waals surface area contributed by atoms with E-state index in [1.54, 1.807) is 0 Å². The van der Waals surface area contributed by atoms with E-state index < -0.39 is 35.3 Å². The average Bonchev–Trinajstić information content (AvgIpc) is 3.07. The number of hydrogen-bond donors (Lipinski definition) is 2. The van der Waals surface area contributed by atoms with Crippen molar-refractivity contribution in [2.75, 3.05) is 0 Å². The topological polar surface area (TPSA) is 113 Å². The highest BCUT2D eigenvalue weighted by molar-refractivity contribution is 5.97. The van der Waals surface area contributed by atoms with Crippen molar-refractivity contribution in [1.29, 1.82) is 0 Å². The van der Waals surface area contributed by atoms with Gasteiger partial charge in [-0.2, -0.15) is 5.10 Å². The van der Waals surface area contributed by atoms with Gasteiger partial charge in [-0.3, -0.25) is 9.59 Å². The molecule has 7 nitrogen and oxygen atoms in total. The molecular weight excluding hydrogens is 396 g/mol. The predicted octanol–water partition coefficient (Wildman–Crippen LogP) is 2.77. The molecule has 150 valence electrons. The third-order valence-corrected chi connectivity index (χ3v) is 3.79.